The molecule has 1 radical (unpaired) electrons. The van der Waals surface area contributed by atoms with Gasteiger partial charge in [-0.3, -0.25) is 0 Å². The van der Waals surface area contributed by atoms with Crippen LogP contribution in [-0.2, 0) is 4.43 Å². The highest BCUT2D eigenvalue weighted by Crippen LogP contribution is 2.52. The summed E-state index contributed by atoms with van der Waals surface area (Å²) in [4.78, 5) is 0. The number of rotatable bonds is 3. The van der Waals surface area contributed by atoms with E-state index in [-0.39, 0.29) is 10.1 Å². The molecule has 15 heavy (non-hydrogen) atoms. The molecule has 0 aromatic rings. The lowest BCUT2D eigenvalue weighted by Crippen LogP contribution is -2.51. The molecule has 1 fully saturated rings. The fourth-order valence-electron chi connectivity index (χ4n) is 1.94. The summed E-state index contributed by atoms with van der Waals surface area (Å²) in [5, 5.41) is 0.577. The molecule has 0 spiro atoms. The van der Waals surface area contributed by atoms with Crippen molar-refractivity contribution in [3.63, 3.8) is 0 Å². The maximum absolute atomic E-state index is 6.30. The summed E-state index contributed by atoms with van der Waals surface area (Å²) < 4.78 is 6.30. The Hall–Kier alpha value is 0.177. The molecule has 2 heteroatoms. The van der Waals surface area contributed by atoms with Gasteiger partial charge in [-0.15, -0.1) is 0 Å². The molecular weight excluding hydrogens is 200 g/mol. The fourth-order valence-corrected chi connectivity index (χ4v) is 5.36. The normalized spacial score (nSPS) is 19.4. The lowest BCUT2D eigenvalue weighted by Gasteiger charge is -2.48. The predicted octanol–water partition coefficient (Wildman–Crippen LogP) is 4.75. The van der Waals surface area contributed by atoms with Crippen molar-refractivity contribution in [2.75, 3.05) is 0 Å². The third-order valence-electron chi connectivity index (χ3n) is 3.98. The molecule has 0 bridgehead atoms. The summed E-state index contributed by atoms with van der Waals surface area (Å²) in [6.45, 7) is 18.5. The second-order valence-corrected chi connectivity index (χ2v) is 12.4. The van der Waals surface area contributed by atoms with Gasteiger partial charge in [0, 0.05) is 0 Å². The summed E-state index contributed by atoms with van der Waals surface area (Å²) in [6.07, 6.45) is 2.66. The third-order valence-corrected chi connectivity index (χ3v) is 10.3. The summed E-state index contributed by atoms with van der Waals surface area (Å²) in [5.41, 5.74) is 0. The van der Waals surface area contributed by atoms with Crippen LogP contribution in [0.25, 0.3) is 0 Å². The molecule has 0 saturated heterocycles. The smallest absolute Gasteiger partial charge is 0.200 e. The van der Waals surface area contributed by atoms with Crippen LogP contribution in [0.1, 0.15) is 54.4 Å². The van der Waals surface area contributed by atoms with Crippen LogP contribution in [-0.4, -0.2) is 8.32 Å². The lowest BCUT2D eigenvalue weighted by atomic mass is 10.2. The molecule has 0 aromatic carbocycles. The second-order valence-electron chi connectivity index (χ2n) is 7.12. The van der Waals surface area contributed by atoms with Crippen LogP contribution in [0.3, 0.4) is 0 Å². The van der Waals surface area contributed by atoms with E-state index in [4.69, 9.17) is 4.43 Å². The minimum absolute atomic E-state index is 0.288. The molecule has 1 aliphatic rings. The van der Waals surface area contributed by atoms with Crippen LogP contribution in [0.4, 0.5) is 0 Å². The molecule has 0 heterocycles. The maximum Gasteiger partial charge on any atom is 0.200 e. The van der Waals surface area contributed by atoms with Gasteiger partial charge in [-0.05, 0) is 35.4 Å². The Labute approximate surface area is 96.7 Å². The first-order chi connectivity index (χ1) is 6.58. The molecule has 89 valence electrons. The molecule has 0 atom stereocenters. The van der Waals surface area contributed by atoms with E-state index in [0.29, 0.717) is 0 Å². The molecule has 0 N–H and O–H groups in total. The first kappa shape index (κ1) is 13.2. The average molecular weight is 227 g/mol. The zero-order valence-corrected chi connectivity index (χ0v) is 12.5. The van der Waals surface area contributed by atoms with Gasteiger partial charge in [-0.2, -0.15) is 0 Å². The van der Waals surface area contributed by atoms with Crippen LogP contribution in [0.15, 0.2) is 0 Å². The van der Waals surface area contributed by atoms with Gasteiger partial charge in [0.1, 0.15) is 0 Å². The molecule has 1 rings (SSSR count). The van der Waals surface area contributed by atoms with Gasteiger partial charge in [-0.1, -0.05) is 41.5 Å². The van der Waals surface area contributed by atoms with E-state index in [0.717, 1.165) is 5.92 Å². The van der Waals surface area contributed by atoms with Crippen molar-refractivity contribution in [1.82, 2.24) is 0 Å². The van der Waals surface area contributed by atoms with Crippen molar-refractivity contribution in [2.24, 2.45) is 5.92 Å². The van der Waals surface area contributed by atoms with Gasteiger partial charge < -0.3 is 4.43 Å². The van der Waals surface area contributed by atoms with Crippen molar-refractivity contribution in [2.45, 2.75) is 71.0 Å². The minimum atomic E-state index is -1.73. The van der Waals surface area contributed by atoms with Gasteiger partial charge in [0.25, 0.3) is 0 Å². The average Bonchev–Trinajstić information content (AvgIpc) is 2.78. The minimum Gasteiger partial charge on any atom is -0.410 e. The molecule has 0 aromatic heterocycles. The van der Waals surface area contributed by atoms with E-state index in [2.05, 4.69) is 54.7 Å². The number of hydrogen-bond donors (Lipinski definition) is 0. The molecule has 1 saturated carbocycles. The van der Waals surface area contributed by atoms with E-state index in [9.17, 15) is 0 Å². The molecular formula is C13H27OSi. The first-order valence-electron chi connectivity index (χ1n) is 6.09. The zero-order chi connectivity index (χ0) is 11.9. The van der Waals surface area contributed by atoms with Gasteiger partial charge >= 0.3 is 0 Å². The Morgan fingerprint density at radius 3 is 1.67 bits per heavy atom. The Kier molecular flexibility index (Phi) is 3.43. The SMILES string of the molecule is CC(C)(C)[Si](C)(O[CH]C1CC1)C(C)(C)C. The molecule has 0 amide bonds. The van der Waals surface area contributed by atoms with Crippen LogP contribution < -0.4 is 0 Å². The maximum atomic E-state index is 6.30. The monoisotopic (exact) mass is 227 g/mol. The van der Waals surface area contributed by atoms with Crippen LogP contribution in [0.2, 0.25) is 16.6 Å². The number of hydrogen-bond acceptors (Lipinski definition) is 1. The van der Waals surface area contributed by atoms with Crippen molar-refractivity contribution >= 4 is 8.32 Å². The van der Waals surface area contributed by atoms with Gasteiger partial charge in [0.05, 0.1) is 6.61 Å². The van der Waals surface area contributed by atoms with E-state index in [1.165, 1.54) is 12.8 Å². The Balaban J connectivity index is 2.75. The highest BCUT2D eigenvalue weighted by atomic mass is 28.4. The predicted molar refractivity (Wildman–Crippen MR) is 69.2 cm³/mol. The molecule has 1 nitrogen and oxygen atoms in total. The van der Waals surface area contributed by atoms with E-state index in [1.54, 1.807) is 0 Å². The zero-order valence-electron chi connectivity index (χ0n) is 11.5. The molecule has 0 unspecified atom stereocenters. The van der Waals surface area contributed by atoms with E-state index < -0.39 is 8.32 Å². The Morgan fingerprint density at radius 2 is 1.40 bits per heavy atom. The molecule has 1 aliphatic carbocycles. The lowest BCUT2D eigenvalue weighted by molar-refractivity contribution is 0.314. The fraction of sp³-hybridized carbons (Fsp3) is 0.923. The third kappa shape index (κ3) is 2.85. The summed E-state index contributed by atoms with van der Waals surface area (Å²) in [7, 11) is -1.73. The largest absolute Gasteiger partial charge is 0.410 e. The van der Waals surface area contributed by atoms with Gasteiger partial charge in [-0.25, -0.2) is 0 Å². The van der Waals surface area contributed by atoms with Crippen molar-refractivity contribution in [1.29, 1.82) is 0 Å². The standard InChI is InChI=1S/C13H27OSi/c1-12(2,3)15(7,13(4,5)6)14-10-11-8-9-11/h10-11H,8-9H2,1-7H3. The highest BCUT2D eigenvalue weighted by Gasteiger charge is 2.51. The topological polar surface area (TPSA) is 9.23 Å². The van der Waals surface area contributed by atoms with Gasteiger partial charge in [0.15, 0.2) is 0 Å². The molecule has 0 aliphatic heterocycles. The summed E-state index contributed by atoms with van der Waals surface area (Å²) in [5.74, 6) is 0.751. The van der Waals surface area contributed by atoms with E-state index in [1.807, 2.05) is 0 Å². The van der Waals surface area contributed by atoms with Crippen molar-refractivity contribution in [3.05, 3.63) is 6.61 Å². The first-order valence-corrected chi connectivity index (χ1v) is 8.50. The highest BCUT2D eigenvalue weighted by molar-refractivity contribution is 6.78. The van der Waals surface area contributed by atoms with E-state index >= 15 is 0 Å². The quantitative estimate of drug-likeness (QED) is 0.632. The Morgan fingerprint density at radius 1 is 1.00 bits per heavy atom. The van der Waals surface area contributed by atoms with Crippen LogP contribution in [0.5, 0.6) is 0 Å². The summed E-state index contributed by atoms with van der Waals surface area (Å²) >= 11 is 0. The van der Waals surface area contributed by atoms with Crippen LogP contribution >= 0.6 is 0 Å². The Bertz CT molecular complexity index is 204. The van der Waals surface area contributed by atoms with Crippen molar-refractivity contribution in [3.8, 4) is 0 Å². The summed E-state index contributed by atoms with van der Waals surface area (Å²) in [6, 6.07) is 0. The van der Waals surface area contributed by atoms with Crippen molar-refractivity contribution < 1.29 is 4.43 Å². The van der Waals surface area contributed by atoms with Crippen LogP contribution in [0, 0.1) is 12.5 Å². The van der Waals surface area contributed by atoms with Gasteiger partial charge in [0.2, 0.25) is 8.32 Å². The second kappa shape index (κ2) is 3.88.